The zero-order valence-corrected chi connectivity index (χ0v) is 14.1. The zero-order chi connectivity index (χ0) is 17.6. The minimum absolute atomic E-state index is 0.0854. The van der Waals surface area contributed by atoms with Crippen molar-refractivity contribution in [1.29, 1.82) is 0 Å². The maximum Gasteiger partial charge on any atom is 0.141 e. The predicted octanol–water partition coefficient (Wildman–Crippen LogP) is 0.570. The number of aliphatic hydroxyl groups excluding tert-OH is 1. The van der Waals surface area contributed by atoms with Crippen LogP contribution in [0.25, 0.3) is 0 Å². The largest absolute Gasteiger partial charge is 0.390 e. The van der Waals surface area contributed by atoms with Gasteiger partial charge in [0.05, 0.1) is 30.3 Å². The third-order valence-corrected chi connectivity index (χ3v) is 4.76. The lowest BCUT2D eigenvalue weighted by Crippen LogP contribution is -2.38. The number of hydrazone groups is 1. The van der Waals surface area contributed by atoms with E-state index in [9.17, 15) is 9.50 Å². The second-order valence-corrected chi connectivity index (χ2v) is 6.35. The molecule has 2 saturated heterocycles. The number of hydrogen-bond donors (Lipinski definition) is 2. The Labute approximate surface area is 146 Å². The molecule has 3 N–H and O–H groups in total. The average molecular weight is 349 g/mol. The summed E-state index contributed by atoms with van der Waals surface area (Å²) in [5.74, 6) is 5.04. The lowest BCUT2D eigenvalue weighted by Gasteiger charge is -2.30. The van der Waals surface area contributed by atoms with E-state index in [1.54, 1.807) is 0 Å². The number of hydrogen-bond acceptors (Lipinski definition) is 7. The molecule has 2 aliphatic heterocycles. The van der Waals surface area contributed by atoms with Gasteiger partial charge < -0.3 is 15.7 Å². The minimum Gasteiger partial charge on any atom is -0.390 e. The molecule has 0 bridgehead atoms. The number of aromatic nitrogens is 1. The molecule has 136 valence electrons. The van der Waals surface area contributed by atoms with Crippen LogP contribution in [0.4, 0.5) is 4.39 Å². The van der Waals surface area contributed by atoms with Gasteiger partial charge in [-0.3, -0.25) is 14.9 Å². The highest BCUT2D eigenvalue weighted by Gasteiger charge is 2.29. The van der Waals surface area contributed by atoms with E-state index in [4.69, 9.17) is 10.6 Å². The number of nitrogens with zero attached hydrogens (tertiary/aromatic N) is 4. The molecule has 0 spiro atoms. The molecule has 0 amide bonds. The van der Waals surface area contributed by atoms with Gasteiger partial charge in [-0.1, -0.05) is 0 Å². The summed E-state index contributed by atoms with van der Waals surface area (Å²) in [6, 6.07) is 3.40. The Bertz CT molecular complexity index is 628. The van der Waals surface area contributed by atoms with Crippen LogP contribution < -0.4 is 5.84 Å². The summed E-state index contributed by atoms with van der Waals surface area (Å²) >= 11 is 0. The van der Waals surface area contributed by atoms with E-state index in [0.717, 1.165) is 51.8 Å². The molecule has 3 rings (SSSR count). The Kier molecular flexibility index (Phi) is 6.06. The van der Waals surface area contributed by atoms with Crippen LogP contribution in [-0.2, 0) is 4.74 Å². The minimum atomic E-state index is -0.439. The lowest BCUT2D eigenvalue weighted by molar-refractivity contribution is 0.0420. The highest BCUT2D eigenvalue weighted by Crippen LogP contribution is 2.22. The number of rotatable bonds is 5. The van der Waals surface area contributed by atoms with E-state index in [1.807, 2.05) is 0 Å². The van der Waals surface area contributed by atoms with Gasteiger partial charge in [0.15, 0.2) is 0 Å². The van der Waals surface area contributed by atoms with Gasteiger partial charge in [0.25, 0.3) is 0 Å². The van der Waals surface area contributed by atoms with Gasteiger partial charge in [-0.15, -0.1) is 0 Å². The summed E-state index contributed by atoms with van der Waals surface area (Å²) in [5, 5.41) is 13.4. The van der Waals surface area contributed by atoms with Crippen LogP contribution in [0.2, 0.25) is 0 Å². The predicted molar refractivity (Wildman–Crippen MR) is 93.3 cm³/mol. The fourth-order valence-corrected chi connectivity index (χ4v) is 3.46. The molecule has 8 heteroatoms. The highest BCUT2D eigenvalue weighted by atomic mass is 19.1. The molecule has 1 atom stereocenters. The number of nitrogens with two attached hydrogens (primary N) is 1. The molecular weight excluding hydrogens is 325 g/mol. The van der Waals surface area contributed by atoms with Crippen LogP contribution in [0.5, 0.6) is 0 Å². The second-order valence-electron chi connectivity index (χ2n) is 6.35. The first-order valence-corrected chi connectivity index (χ1v) is 8.60. The third kappa shape index (κ3) is 4.39. The first-order valence-electron chi connectivity index (χ1n) is 8.60. The van der Waals surface area contributed by atoms with E-state index in [0.29, 0.717) is 23.2 Å². The van der Waals surface area contributed by atoms with Crippen LogP contribution in [0.15, 0.2) is 28.4 Å². The van der Waals surface area contributed by atoms with Crippen LogP contribution in [-0.4, -0.2) is 71.4 Å². The molecule has 0 radical (unpaired) electrons. The first kappa shape index (κ1) is 17.9. The highest BCUT2D eigenvalue weighted by molar-refractivity contribution is 6.48. The van der Waals surface area contributed by atoms with E-state index < -0.39 is 5.82 Å². The molecular formula is C17H24FN5O2. The van der Waals surface area contributed by atoms with E-state index in [-0.39, 0.29) is 12.6 Å². The lowest BCUT2D eigenvalue weighted by atomic mass is 10.1. The number of aliphatic hydroxyl groups is 1. The molecule has 1 aromatic heterocycles. The summed E-state index contributed by atoms with van der Waals surface area (Å²) < 4.78 is 18.5. The molecule has 7 nitrogen and oxygen atoms in total. The smallest absolute Gasteiger partial charge is 0.141 e. The van der Waals surface area contributed by atoms with Gasteiger partial charge in [-0.05, 0) is 31.4 Å². The maximum atomic E-state index is 13.1. The topological polar surface area (TPSA) is 96.3 Å². The SMILES string of the molecule is NN=C(C(CO)=NC1CCN(C2CCOCC2)C1)c1ccc(F)cn1. The molecule has 2 aliphatic rings. The number of halogens is 1. The first-order chi connectivity index (χ1) is 12.2. The van der Waals surface area contributed by atoms with Crippen LogP contribution in [0, 0.1) is 5.82 Å². The van der Waals surface area contributed by atoms with Crippen LogP contribution in [0.3, 0.4) is 0 Å². The summed E-state index contributed by atoms with van der Waals surface area (Å²) in [4.78, 5) is 11.1. The van der Waals surface area contributed by atoms with Crippen molar-refractivity contribution in [3.63, 3.8) is 0 Å². The molecule has 25 heavy (non-hydrogen) atoms. The van der Waals surface area contributed by atoms with Crippen molar-refractivity contribution >= 4 is 11.4 Å². The monoisotopic (exact) mass is 349 g/mol. The second kappa shape index (κ2) is 8.46. The number of pyridine rings is 1. The molecule has 2 fully saturated rings. The van der Waals surface area contributed by atoms with Gasteiger partial charge in [0.2, 0.25) is 0 Å². The Morgan fingerprint density at radius 2 is 2.16 bits per heavy atom. The van der Waals surface area contributed by atoms with Gasteiger partial charge in [0, 0.05) is 32.3 Å². The van der Waals surface area contributed by atoms with Crippen molar-refractivity contribution in [3.05, 3.63) is 29.8 Å². The fraction of sp³-hybridized carbons (Fsp3) is 0.588. The number of ether oxygens (including phenoxy) is 1. The molecule has 0 saturated carbocycles. The van der Waals surface area contributed by atoms with Gasteiger partial charge in [0.1, 0.15) is 11.5 Å². The molecule has 3 heterocycles. The maximum absolute atomic E-state index is 13.1. The number of aliphatic imine (C=N–C) groups is 1. The number of likely N-dealkylation sites (tertiary alicyclic amines) is 1. The van der Waals surface area contributed by atoms with Gasteiger partial charge in [-0.2, -0.15) is 5.10 Å². The molecule has 1 unspecified atom stereocenters. The van der Waals surface area contributed by atoms with E-state index in [1.165, 1.54) is 12.1 Å². The molecule has 0 aliphatic carbocycles. The summed E-state index contributed by atoms with van der Waals surface area (Å²) in [6.45, 7) is 3.18. The van der Waals surface area contributed by atoms with Gasteiger partial charge >= 0.3 is 0 Å². The van der Waals surface area contributed by atoms with Crippen molar-refractivity contribution in [3.8, 4) is 0 Å². The quantitative estimate of drug-likeness (QED) is 0.460. The van der Waals surface area contributed by atoms with Gasteiger partial charge in [-0.25, -0.2) is 4.39 Å². The van der Waals surface area contributed by atoms with Crippen molar-refractivity contribution in [2.24, 2.45) is 15.9 Å². The Hall–Kier alpha value is -1.90. The van der Waals surface area contributed by atoms with Crippen molar-refractivity contribution < 1.29 is 14.2 Å². The Morgan fingerprint density at radius 3 is 2.80 bits per heavy atom. The van der Waals surface area contributed by atoms with Crippen LogP contribution in [0.1, 0.15) is 25.0 Å². The van der Waals surface area contributed by atoms with Crippen molar-refractivity contribution in [2.45, 2.75) is 31.3 Å². The van der Waals surface area contributed by atoms with Crippen molar-refractivity contribution in [2.75, 3.05) is 32.9 Å². The summed E-state index contributed by atoms with van der Waals surface area (Å²) in [5.41, 5.74) is 1.09. The standard InChI is InChI=1S/C17H24FN5O2/c18-12-1-2-15(20-9-12)17(22-19)16(11-24)21-13-3-6-23(10-13)14-4-7-25-8-5-14/h1-2,9,13-14,24H,3-8,10-11,19H2. The summed E-state index contributed by atoms with van der Waals surface area (Å²) in [6.07, 6.45) is 4.13. The average Bonchev–Trinajstić information content (AvgIpc) is 3.12. The van der Waals surface area contributed by atoms with E-state index in [2.05, 4.69) is 20.0 Å². The van der Waals surface area contributed by atoms with Crippen molar-refractivity contribution in [1.82, 2.24) is 9.88 Å². The summed E-state index contributed by atoms with van der Waals surface area (Å²) in [7, 11) is 0. The fourth-order valence-electron chi connectivity index (χ4n) is 3.46. The Balaban J connectivity index is 1.70. The van der Waals surface area contributed by atoms with E-state index >= 15 is 0 Å². The van der Waals surface area contributed by atoms with Crippen LogP contribution >= 0.6 is 0 Å². The Morgan fingerprint density at radius 1 is 1.36 bits per heavy atom. The third-order valence-electron chi connectivity index (χ3n) is 4.76. The zero-order valence-electron chi connectivity index (χ0n) is 14.1. The molecule has 0 aromatic carbocycles. The normalized spacial score (nSPS) is 24.0. The molecule has 1 aromatic rings.